The van der Waals surface area contributed by atoms with Crippen LogP contribution >= 0.6 is 0 Å². The van der Waals surface area contributed by atoms with E-state index in [1.54, 1.807) is 0 Å². The van der Waals surface area contributed by atoms with Crippen molar-refractivity contribution >= 4 is 11.6 Å². The number of amides is 1. The van der Waals surface area contributed by atoms with Crippen molar-refractivity contribution in [2.24, 2.45) is 0 Å². The molecule has 2 rings (SSSR count). The Labute approximate surface area is 88.9 Å². The molecule has 1 heterocycles. The number of phenols is 1. The van der Waals surface area contributed by atoms with Crippen LogP contribution in [-0.4, -0.2) is 11.0 Å². The Morgan fingerprint density at radius 3 is 2.56 bits per heavy atom. The van der Waals surface area contributed by atoms with Crippen molar-refractivity contribution in [3.8, 4) is 5.75 Å². The first-order chi connectivity index (χ1) is 7.38. The Morgan fingerprint density at radius 2 is 1.94 bits per heavy atom. The molecule has 1 aliphatic rings. The summed E-state index contributed by atoms with van der Waals surface area (Å²) >= 11 is 0. The number of alkyl halides is 3. The summed E-state index contributed by atoms with van der Waals surface area (Å²) in [6.45, 7) is 0. The fourth-order valence-electron chi connectivity index (χ4n) is 1.70. The van der Waals surface area contributed by atoms with E-state index in [-0.39, 0.29) is 18.5 Å². The van der Waals surface area contributed by atoms with Crippen molar-refractivity contribution in [2.75, 3.05) is 5.32 Å². The van der Waals surface area contributed by atoms with Crippen molar-refractivity contribution in [3.05, 3.63) is 23.3 Å². The summed E-state index contributed by atoms with van der Waals surface area (Å²) in [6, 6.07) is 1.86. The number of hydrogen-bond donors (Lipinski definition) is 2. The summed E-state index contributed by atoms with van der Waals surface area (Å²) in [7, 11) is 0. The van der Waals surface area contributed by atoms with Gasteiger partial charge in [-0.2, -0.15) is 13.2 Å². The highest BCUT2D eigenvalue weighted by Crippen LogP contribution is 2.40. The number of carbonyl (C=O) groups is 1. The van der Waals surface area contributed by atoms with E-state index in [1.807, 2.05) is 0 Å². The molecular weight excluding hydrogens is 223 g/mol. The number of fused-ring (bicyclic) bond motifs is 1. The molecule has 1 amide bonds. The molecule has 16 heavy (non-hydrogen) atoms. The Morgan fingerprint density at radius 1 is 1.25 bits per heavy atom. The fourth-order valence-corrected chi connectivity index (χ4v) is 1.70. The number of halogens is 3. The van der Waals surface area contributed by atoms with Crippen LogP contribution in [0.5, 0.6) is 5.75 Å². The van der Waals surface area contributed by atoms with Gasteiger partial charge in [0.25, 0.3) is 0 Å². The van der Waals surface area contributed by atoms with E-state index in [1.165, 1.54) is 6.07 Å². The SMILES string of the molecule is O=C1CCc2cc(O)cc(C(F)(F)F)c2N1. The Hall–Kier alpha value is -1.72. The molecule has 1 aromatic carbocycles. The van der Waals surface area contributed by atoms with Gasteiger partial charge in [0.15, 0.2) is 0 Å². The fraction of sp³-hybridized carbons (Fsp3) is 0.300. The maximum Gasteiger partial charge on any atom is 0.418 e. The second-order valence-corrected chi connectivity index (χ2v) is 3.57. The zero-order chi connectivity index (χ0) is 11.9. The van der Waals surface area contributed by atoms with Gasteiger partial charge in [0, 0.05) is 6.42 Å². The van der Waals surface area contributed by atoms with E-state index < -0.39 is 23.4 Å². The molecule has 0 bridgehead atoms. The average molecular weight is 231 g/mol. The second-order valence-electron chi connectivity index (χ2n) is 3.57. The van der Waals surface area contributed by atoms with Crippen LogP contribution in [0, 0.1) is 0 Å². The molecule has 3 nitrogen and oxygen atoms in total. The molecule has 0 saturated heterocycles. The number of aromatic hydroxyl groups is 1. The van der Waals surface area contributed by atoms with E-state index in [4.69, 9.17) is 0 Å². The third kappa shape index (κ3) is 1.82. The number of anilines is 1. The van der Waals surface area contributed by atoms with Gasteiger partial charge in [-0.05, 0) is 24.1 Å². The van der Waals surface area contributed by atoms with Crippen molar-refractivity contribution in [3.63, 3.8) is 0 Å². The van der Waals surface area contributed by atoms with E-state index in [0.717, 1.165) is 0 Å². The maximum atomic E-state index is 12.6. The van der Waals surface area contributed by atoms with Crippen LogP contribution in [0.1, 0.15) is 17.5 Å². The number of aryl methyl sites for hydroxylation is 1. The molecular formula is C10H8F3NO2. The molecule has 1 aromatic rings. The van der Waals surface area contributed by atoms with Gasteiger partial charge in [0.1, 0.15) is 5.75 Å². The summed E-state index contributed by atoms with van der Waals surface area (Å²) in [5, 5.41) is 11.4. The van der Waals surface area contributed by atoms with Crippen LogP contribution in [-0.2, 0) is 17.4 Å². The first-order valence-corrected chi connectivity index (χ1v) is 4.61. The van der Waals surface area contributed by atoms with Crippen LogP contribution in [0.15, 0.2) is 12.1 Å². The maximum absolute atomic E-state index is 12.6. The van der Waals surface area contributed by atoms with Crippen LogP contribution in [0.25, 0.3) is 0 Å². The minimum atomic E-state index is -4.59. The Bertz CT molecular complexity index is 454. The lowest BCUT2D eigenvalue weighted by Crippen LogP contribution is -2.22. The summed E-state index contributed by atoms with van der Waals surface area (Å²) in [5.41, 5.74) is -0.927. The molecule has 2 N–H and O–H groups in total. The number of hydrogen-bond acceptors (Lipinski definition) is 2. The molecule has 86 valence electrons. The highest BCUT2D eigenvalue weighted by molar-refractivity contribution is 5.95. The molecule has 6 heteroatoms. The van der Waals surface area contributed by atoms with Crippen LogP contribution < -0.4 is 5.32 Å². The summed E-state index contributed by atoms with van der Waals surface area (Å²) < 4.78 is 37.9. The van der Waals surface area contributed by atoms with Crippen LogP contribution in [0.4, 0.5) is 18.9 Å². The van der Waals surface area contributed by atoms with Gasteiger partial charge in [0.05, 0.1) is 11.3 Å². The first kappa shape index (κ1) is 10.8. The minimum Gasteiger partial charge on any atom is -0.508 e. The zero-order valence-electron chi connectivity index (χ0n) is 8.06. The lowest BCUT2D eigenvalue weighted by molar-refractivity contribution is -0.137. The standard InChI is InChI=1S/C10H8F3NO2/c11-10(12,13)7-4-6(15)3-5-1-2-8(16)14-9(5)7/h3-4,15H,1-2H2,(H,14,16). The smallest absolute Gasteiger partial charge is 0.418 e. The predicted molar refractivity (Wildman–Crippen MR) is 50.1 cm³/mol. The molecule has 0 spiro atoms. The molecule has 0 radical (unpaired) electrons. The van der Waals surface area contributed by atoms with E-state index in [0.29, 0.717) is 11.6 Å². The lowest BCUT2D eigenvalue weighted by atomic mass is 9.98. The normalized spacial score (nSPS) is 15.6. The Kier molecular flexibility index (Phi) is 2.29. The zero-order valence-corrected chi connectivity index (χ0v) is 8.06. The van der Waals surface area contributed by atoms with E-state index in [9.17, 15) is 23.1 Å². The number of carbonyl (C=O) groups excluding carboxylic acids is 1. The van der Waals surface area contributed by atoms with Gasteiger partial charge >= 0.3 is 6.18 Å². The van der Waals surface area contributed by atoms with Crippen molar-refractivity contribution in [2.45, 2.75) is 19.0 Å². The highest BCUT2D eigenvalue weighted by atomic mass is 19.4. The molecule has 0 unspecified atom stereocenters. The lowest BCUT2D eigenvalue weighted by Gasteiger charge is -2.21. The van der Waals surface area contributed by atoms with Crippen LogP contribution in [0.3, 0.4) is 0 Å². The van der Waals surface area contributed by atoms with Gasteiger partial charge in [-0.1, -0.05) is 0 Å². The summed E-state index contributed by atoms with van der Waals surface area (Å²) in [6.07, 6.45) is -4.25. The van der Waals surface area contributed by atoms with Crippen molar-refractivity contribution < 1.29 is 23.1 Å². The average Bonchev–Trinajstić information content (AvgIpc) is 2.16. The number of rotatable bonds is 0. The van der Waals surface area contributed by atoms with Gasteiger partial charge in [-0.25, -0.2) is 0 Å². The van der Waals surface area contributed by atoms with Gasteiger partial charge in [0.2, 0.25) is 5.91 Å². The van der Waals surface area contributed by atoms with Gasteiger partial charge < -0.3 is 10.4 Å². The molecule has 0 aromatic heterocycles. The van der Waals surface area contributed by atoms with Crippen LogP contribution in [0.2, 0.25) is 0 Å². The molecule has 0 saturated carbocycles. The number of phenolic OH excluding ortho intramolecular Hbond substituents is 1. The van der Waals surface area contributed by atoms with E-state index >= 15 is 0 Å². The molecule has 1 aliphatic heterocycles. The van der Waals surface area contributed by atoms with Gasteiger partial charge in [-0.3, -0.25) is 4.79 Å². The highest BCUT2D eigenvalue weighted by Gasteiger charge is 2.36. The Balaban J connectivity index is 2.60. The minimum absolute atomic E-state index is 0.133. The number of nitrogens with one attached hydrogen (secondary N) is 1. The topological polar surface area (TPSA) is 49.3 Å². The van der Waals surface area contributed by atoms with Gasteiger partial charge in [-0.15, -0.1) is 0 Å². The molecule has 0 fully saturated rings. The molecule has 0 aliphatic carbocycles. The quantitative estimate of drug-likeness (QED) is 0.673. The monoisotopic (exact) mass is 231 g/mol. The predicted octanol–water partition coefficient (Wildman–Crippen LogP) is 2.30. The second kappa shape index (κ2) is 3.40. The summed E-state index contributed by atoms with van der Waals surface area (Å²) in [4.78, 5) is 11.0. The number of benzene rings is 1. The van der Waals surface area contributed by atoms with Crippen molar-refractivity contribution in [1.29, 1.82) is 0 Å². The summed E-state index contributed by atoms with van der Waals surface area (Å²) in [5.74, 6) is -0.883. The third-order valence-electron chi connectivity index (χ3n) is 2.40. The third-order valence-corrected chi connectivity index (χ3v) is 2.40. The van der Waals surface area contributed by atoms with Crippen molar-refractivity contribution in [1.82, 2.24) is 0 Å². The largest absolute Gasteiger partial charge is 0.508 e. The first-order valence-electron chi connectivity index (χ1n) is 4.61. The van der Waals surface area contributed by atoms with E-state index in [2.05, 4.69) is 5.32 Å². The molecule has 0 atom stereocenters.